The Labute approximate surface area is 122 Å². The van der Waals surface area contributed by atoms with Crippen LogP contribution in [0.2, 0.25) is 0 Å². The molecular weight excluding hydrogens is 268 g/mol. The third-order valence-electron chi connectivity index (χ3n) is 3.43. The van der Waals surface area contributed by atoms with Gasteiger partial charge in [-0.05, 0) is 31.9 Å². The van der Waals surface area contributed by atoms with Crippen molar-refractivity contribution in [1.29, 1.82) is 0 Å². The molecule has 0 saturated carbocycles. The molecule has 6 heteroatoms. The maximum absolute atomic E-state index is 11.4. The molecule has 2 amide bonds. The molecule has 2 aromatic rings. The molecule has 1 aromatic heterocycles. The van der Waals surface area contributed by atoms with Crippen molar-refractivity contribution in [2.24, 2.45) is 5.73 Å². The Kier molecular flexibility index (Phi) is 4.07. The van der Waals surface area contributed by atoms with Crippen LogP contribution < -0.4 is 11.1 Å². The Morgan fingerprint density at radius 1 is 1.24 bits per heavy atom. The lowest BCUT2D eigenvalue weighted by molar-refractivity contribution is -0.134. The van der Waals surface area contributed by atoms with Crippen LogP contribution in [-0.4, -0.2) is 21.6 Å². The minimum atomic E-state index is -1.01. The van der Waals surface area contributed by atoms with Crippen molar-refractivity contribution in [3.8, 4) is 0 Å². The zero-order valence-corrected chi connectivity index (χ0v) is 12.3. The van der Waals surface area contributed by atoms with Gasteiger partial charge in [0.25, 0.3) is 0 Å². The molecule has 21 heavy (non-hydrogen) atoms. The van der Waals surface area contributed by atoms with Crippen molar-refractivity contribution >= 4 is 17.5 Å². The average molecular weight is 286 g/mol. The number of hydrogen-bond donors (Lipinski definition) is 2. The van der Waals surface area contributed by atoms with E-state index in [9.17, 15) is 9.59 Å². The molecule has 110 valence electrons. The molecule has 0 spiro atoms. The molecule has 1 aromatic carbocycles. The van der Waals surface area contributed by atoms with Crippen molar-refractivity contribution in [1.82, 2.24) is 9.78 Å². The molecule has 3 N–H and O–H groups in total. The van der Waals surface area contributed by atoms with Crippen LogP contribution in [0.1, 0.15) is 22.5 Å². The summed E-state index contributed by atoms with van der Waals surface area (Å²) < 4.78 is 1.80. The summed E-state index contributed by atoms with van der Waals surface area (Å²) in [5.74, 6) is -1.85. The van der Waals surface area contributed by atoms with E-state index in [0.29, 0.717) is 17.9 Å². The molecule has 6 nitrogen and oxygen atoms in total. The first kappa shape index (κ1) is 14.8. The molecule has 0 aliphatic heterocycles. The van der Waals surface area contributed by atoms with Crippen molar-refractivity contribution in [3.05, 3.63) is 46.8 Å². The standard InChI is InChI=1S/C15H18N4O2/c1-9-6-4-5-7-12(9)8-19-11(3)13(10(2)18-19)17-15(21)14(16)20/h4-7H,8H2,1-3H3,(H2,16,20)(H,17,21). The number of carbonyl (C=O) groups is 2. The third-order valence-corrected chi connectivity index (χ3v) is 3.43. The first-order valence-electron chi connectivity index (χ1n) is 6.59. The number of carbonyl (C=O) groups excluding carboxylic acids is 2. The highest BCUT2D eigenvalue weighted by molar-refractivity contribution is 6.39. The Morgan fingerprint density at radius 2 is 1.90 bits per heavy atom. The number of nitrogens with two attached hydrogens (primary N) is 1. The van der Waals surface area contributed by atoms with Gasteiger partial charge in [0, 0.05) is 0 Å². The first-order chi connectivity index (χ1) is 9.90. The Balaban J connectivity index is 2.29. The predicted molar refractivity (Wildman–Crippen MR) is 79.8 cm³/mol. The van der Waals surface area contributed by atoms with Crippen LogP contribution in [0.25, 0.3) is 0 Å². The van der Waals surface area contributed by atoms with Crippen LogP contribution in [-0.2, 0) is 16.1 Å². The number of hydrogen-bond acceptors (Lipinski definition) is 3. The fourth-order valence-corrected chi connectivity index (χ4v) is 2.16. The fourth-order valence-electron chi connectivity index (χ4n) is 2.16. The molecule has 0 bridgehead atoms. The number of aromatic nitrogens is 2. The lowest BCUT2D eigenvalue weighted by Gasteiger charge is -2.08. The second-order valence-electron chi connectivity index (χ2n) is 4.95. The largest absolute Gasteiger partial charge is 0.361 e. The quantitative estimate of drug-likeness (QED) is 0.833. The number of aryl methyl sites for hydroxylation is 2. The van der Waals surface area contributed by atoms with Gasteiger partial charge in [0.2, 0.25) is 0 Å². The Morgan fingerprint density at radius 3 is 2.52 bits per heavy atom. The van der Waals surface area contributed by atoms with Gasteiger partial charge in [-0.2, -0.15) is 5.10 Å². The van der Waals surface area contributed by atoms with E-state index < -0.39 is 11.8 Å². The maximum Gasteiger partial charge on any atom is 0.313 e. The number of nitrogens with one attached hydrogen (secondary N) is 1. The molecule has 0 unspecified atom stereocenters. The van der Waals surface area contributed by atoms with Crippen LogP contribution in [0.3, 0.4) is 0 Å². The van der Waals surface area contributed by atoms with Crippen molar-refractivity contribution in [2.45, 2.75) is 27.3 Å². The van der Waals surface area contributed by atoms with Gasteiger partial charge in [0.1, 0.15) is 0 Å². The summed E-state index contributed by atoms with van der Waals surface area (Å²) >= 11 is 0. The van der Waals surface area contributed by atoms with E-state index in [0.717, 1.165) is 11.3 Å². The maximum atomic E-state index is 11.4. The van der Waals surface area contributed by atoms with Gasteiger partial charge >= 0.3 is 11.8 Å². The van der Waals surface area contributed by atoms with Crippen LogP contribution in [0.15, 0.2) is 24.3 Å². The average Bonchev–Trinajstić information content (AvgIpc) is 2.69. The summed E-state index contributed by atoms with van der Waals surface area (Å²) in [5.41, 5.74) is 9.24. The number of nitrogens with zero attached hydrogens (tertiary/aromatic N) is 2. The van der Waals surface area contributed by atoms with E-state index >= 15 is 0 Å². The van der Waals surface area contributed by atoms with E-state index in [2.05, 4.69) is 10.4 Å². The summed E-state index contributed by atoms with van der Waals surface area (Å²) in [6.45, 7) is 6.26. The molecule has 0 fully saturated rings. The summed E-state index contributed by atoms with van der Waals surface area (Å²) in [7, 11) is 0. The van der Waals surface area contributed by atoms with Gasteiger partial charge in [0.15, 0.2) is 0 Å². The summed E-state index contributed by atoms with van der Waals surface area (Å²) in [6, 6.07) is 8.03. The topological polar surface area (TPSA) is 90.0 Å². The van der Waals surface area contributed by atoms with E-state index in [1.807, 2.05) is 38.1 Å². The number of amides is 2. The fraction of sp³-hybridized carbons (Fsp3) is 0.267. The lowest BCUT2D eigenvalue weighted by Crippen LogP contribution is -2.29. The van der Waals surface area contributed by atoms with E-state index in [1.54, 1.807) is 11.6 Å². The van der Waals surface area contributed by atoms with Gasteiger partial charge in [-0.3, -0.25) is 14.3 Å². The van der Waals surface area contributed by atoms with Crippen LogP contribution >= 0.6 is 0 Å². The zero-order valence-electron chi connectivity index (χ0n) is 12.3. The van der Waals surface area contributed by atoms with E-state index in [1.165, 1.54) is 5.56 Å². The van der Waals surface area contributed by atoms with Crippen LogP contribution in [0.5, 0.6) is 0 Å². The molecule has 0 atom stereocenters. The van der Waals surface area contributed by atoms with Gasteiger partial charge < -0.3 is 11.1 Å². The van der Waals surface area contributed by atoms with Gasteiger partial charge in [-0.1, -0.05) is 24.3 Å². The van der Waals surface area contributed by atoms with Gasteiger partial charge in [-0.25, -0.2) is 0 Å². The highest BCUT2D eigenvalue weighted by atomic mass is 16.2. The molecule has 0 aliphatic rings. The summed E-state index contributed by atoms with van der Waals surface area (Å²) in [4.78, 5) is 22.3. The number of primary amides is 1. The SMILES string of the molecule is Cc1ccccc1Cn1nc(C)c(NC(=O)C(N)=O)c1C. The summed E-state index contributed by atoms with van der Waals surface area (Å²) in [6.07, 6.45) is 0. The second-order valence-corrected chi connectivity index (χ2v) is 4.95. The molecule has 0 saturated heterocycles. The predicted octanol–water partition coefficient (Wildman–Crippen LogP) is 1.28. The monoisotopic (exact) mass is 286 g/mol. The van der Waals surface area contributed by atoms with E-state index in [4.69, 9.17) is 5.73 Å². The summed E-state index contributed by atoms with van der Waals surface area (Å²) in [5, 5.41) is 6.91. The van der Waals surface area contributed by atoms with Gasteiger partial charge in [-0.15, -0.1) is 0 Å². The van der Waals surface area contributed by atoms with Crippen molar-refractivity contribution in [2.75, 3.05) is 5.32 Å². The highest BCUT2D eigenvalue weighted by Crippen LogP contribution is 2.21. The minimum Gasteiger partial charge on any atom is -0.361 e. The highest BCUT2D eigenvalue weighted by Gasteiger charge is 2.17. The second kappa shape index (κ2) is 5.78. The lowest BCUT2D eigenvalue weighted by atomic mass is 10.1. The molecule has 2 rings (SSSR count). The zero-order chi connectivity index (χ0) is 15.6. The number of anilines is 1. The molecule has 1 heterocycles. The molecule has 0 radical (unpaired) electrons. The van der Waals surface area contributed by atoms with Crippen LogP contribution in [0, 0.1) is 20.8 Å². The van der Waals surface area contributed by atoms with Gasteiger partial charge in [0.05, 0.1) is 23.6 Å². The number of benzene rings is 1. The van der Waals surface area contributed by atoms with E-state index in [-0.39, 0.29) is 0 Å². The normalized spacial score (nSPS) is 10.4. The third kappa shape index (κ3) is 3.10. The smallest absolute Gasteiger partial charge is 0.313 e. The van der Waals surface area contributed by atoms with Crippen LogP contribution in [0.4, 0.5) is 5.69 Å². The number of rotatable bonds is 3. The van der Waals surface area contributed by atoms with Crippen molar-refractivity contribution < 1.29 is 9.59 Å². The van der Waals surface area contributed by atoms with Crippen molar-refractivity contribution in [3.63, 3.8) is 0 Å². The Bertz CT molecular complexity index is 704. The first-order valence-corrected chi connectivity index (χ1v) is 6.59. The molecule has 0 aliphatic carbocycles. The Hall–Kier alpha value is -2.63. The minimum absolute atomic E-state index is 0.535. The molecular formula is C15H18N4O2.